The van der Waals surface area contributed by atoms with Crippen molar-refractivity contribution in [1.82, 2.24) is 5.32 Å². The van der Waals surface area contributed by atoms with Gasteiger partial charge in [-0.3, -0.25) is 9.69 Å². The molecular formula is C25H21ClFN3O2S. The summed E-state index contributed by atoms with van der Waals surface area (Å²) in [5.74, 6) is -0.607. The van der Waals surface area contributed by atoms with Crippen LogP contribution in [0.1, 0.15) is 24.1 Å². The van der Waals surface area contributed by atoms with Gasteiger partial charge in [-0.15, -0.1) is 0 Å². The number of carbonyl (C=O) groups excluding carboxylic acids is 1. The van der Waals surface area contributed by atoms with Crippen LogP contribution in [0.3, 0.4) is 0 Å². The highest BCUT2D eigenvalue weighted by Crippen LogP contribution is 2.50. The third-order valence-corrected chi connectivity index (χ3v) is 6.68. The Hall–Kier alpha value is -3.16. The minimum Gasteiger partial charge on any atom is -0.467 e. The molecule has 0 saturated carbocycles. The Labute approximate surface area is 201 Å². The Morgan fingerprint density at radius 1 is 1.15 bits per heavy atom. The Morgan fingerprint density at radius 2 is 1.85 bits per heavy atom. The minimum absolute atomic E-state index is 0.237. The van der Waals surface area contributed by atoms with Gasteiger partial charge >= 0.3 is 0 Å². The average Bonchev–Trinajstić information content (AvgIpc) is 2.77. The molecule has 3 atom stereocenters. The Balaban J connectivity index is 1.62. The van der Waals surface area contributed by atoms with Gasteiger partial charge < -0.3 is 15.4 Å². The van der Waals surface area contributed by atoms with Crippen molar-refractivity contribution in [3.63, 3.8) is 0 Å². The van der Waals surface area contributed by atoms with E-state index in [4.69, 9.17) is 28.6 Å². The quantitative estimate of drug-likeness (QED) is 0.478. The number of thiocarbonyl (C=S) groups is 1. The van der Waals surface area contributed by atoms with Crippen molar-refractivity contribution < 1.29 is 13.9 Å². The highest BCUT2D eigenvalue weighted by molar-refractivity contribution is 7.80. The number of ether oxygens (including phenoxy) is 1. The van der Waals surface area contributed by atoms with Gasteiger partial charge in [0.25, 0.3) is 0 Å². The summed E-state index contributed by atoms with van der Waals surface area (Å²) in [6.45, 7) is 3.83. The van der Waals surface area contributed by atoms with Gasteiger partial charge in [-0.1, -0.05) is 29.3 Å². The van der Waals surface area contributed by atoms with Crippen LogP contribution in [0.15, 0.2) is 66.7 Å². The Bertz CT molecular complexity index is 1250. The van der Waals surface area contributed by atoms with Crippen molar-refractivity contribution in [2.75, 3.05) is 10.2 Å². The van der Waals surface area contributed by atoms with Crippen LogP contribution < -0.4 is 20.3 Å². The summed E-state index contributed by atoms with van der Waals surface area (Å²) < 4.78 is 20.2. The molecular weight excluding hydrogens is 461 g/mol. The number of benzene rings is 3. The molecule has 0 radical (unpaired) electrons. The molecule has 3 aromatic carbocycles. The van der Waals surface area contributed by atoms with Gasteiger partial charge in [-0.25, -0.2) is 4.39 Å². The summed E-state index contributed by atoms with van der Waals surface area (Å²) in [6, 6.07) is 18.4. The van der Waals surface area contributed by atoms with Crippen LogP contribution in [0.2, 0.25) is 5.02 Å². The van der Waals surface area contributed by atoms with E-state index in [0.717, 1.165) is 11.1 Å². The molecule has 2 heterocycles. The maximum Gasteiger partial charge on any atom is 0.236 e. The second-order valence-corrected chi connectivity index (χ2v) is 9.23. The van der Waals surface area contributed by atoms with E-state index < -0.39 is 17.7 Å². The number of hydrogen-bond acceptors (Lipinski definition) is 3. The van der Waals surface area contributed by atoms with Crippen LogP contribution in [0.25, 0.3) is 0 Å². The highest BCUT2D eigenvalue weighted by atomic mass is 35.5. The standard InChI is InChI=1S/C25H21ClFN3O2S/c1-14-3-12-20-19(13-14)22-21(23(31)28-17-8-4-15(26)5-9-17)25(2,32-20)30(24(33)29-22)18-10-6-16(27)7-11-18/h3-13,21-22H,1-2H3,(H,28,31)(H,29,33)/t21-,22-,25-/m1/s1. The van der Waals surface area contributed by atoms with Crippen molar-refractivity contribution >= 4 is 46.2 Å². The lowest BCUT2D eigenvalue weighted by Gasteiger charge is -2.56. The van der Waals surface area contributed by atoms with Crippen molar-refractivity contribution in [3.05, 3.63) is 88.7 Å². The molecule has 8 heteroatoms. The van der Waals surface area contributed by atoms with E-state index in [2.05, 4.69) is 10.6 Å². The van der Waals surface area contributed by atoms with E-state index in [1.54, 1.807) is 41.3 Å². The van der Waals surface area contributed by atoms with E-state index >= 15 is 0 Å². The second kappa shape index (κ2) is 8.01. The predicted molar refractivity (Wildman–Crippen MR) is 131 cm³/mol. The van der Waals surface area contributed by atoms with E-state index in [1.807, 2.05) is 32.0 Å². The summed E-state index contributed by atoms with van der Waals surface area (Å²) in [7, 11) is 0. The van der Waals surface area contributed by atoms with E-state index in [0.29, 0.717) is 27.3 Å². The zero-order valence-electron chi connectivity index (χ0n) is 17.9. The summed E-state index contributed by atoms with van der Waals surface area (Å²) >= 11 is 11.7. The van der Waals surface area contributed by atoms with Crippen LogP contribution >= 0.6 is 23.8 Å². The number of hydrogen-bond donors (Lipinski definition) is 2. The predicted octanol–water partition coefficient (Wildman–Crippen LogP) is 5.59. The van der Waals surface area contributed by atoms with Crippen LogP contribution in [-0.4, -0.2) is 16.7 Å². The summed E-state index contributed by atoms with van der Waals surface area (Å²) in [6.07, 6.45) is 0. The highest BCUT2D eigenvalue weighted by Gasteiger charge is 2.59. The van der Waals surface area contributed by atoms with Crippen LogP contribution in [0, 0.1) is 18.7 Å². The molecule has 33 heavy (non-hydrogen) atoms. The molecule has 0 unspecified atom stereocenters. The van der Waals surface area contributed by atoms with Gasteiger partial charge in [0, 0.05) is 22.0 Å². The largest absolute Gasteiger partial charge is 0.467 e. The topological polar surface area (TPSA) is 53.6 Å². The lowest BCUT2D eigenvalue weighted by atomic mass is 9.78. The molecule has 5 nitrogen and oxygen atoms in total. The summed E-state index contributed by atoms with van der Waals surface area (Å²) in [5, 5.41) is 7.31. The van der Waals surface area contributed by atoms with Crippen LogP contribution in [-0.2, 0) is 4.79 Å². The number of rotatable bonds is 3. The van der Waals surface area contributed by atoms with Crippen molar-refractivity contribution in [3.8, 4) is 5.75 Å². The number of nitrogens with one attached hydrogen (secondary N) is 2. The first-order chi connectivity index (χ1) is 15.8. The first kappa shape index (κ1) is 21.7. The average molecular weight is 482 g/mol. The Morgan fingerprint density at radius 3 is 2.55 bits per heavy atom. The smallest absolute Gasteiger partial charge is 0.236 e. The van der Waals surface area contributed by atoms with Crippen molar-refractivity contribution in [2.45, 2.75) is 25.6 Å². The maximum absolute atomic E-state index is 13.7. The van der Waals surface area contributed by atoms with Crippen molar-refractivity contribution in [1.29, 1.82) is 0 Å². The number of carbonyl (C=O) groups is 1. The van der Waals surface area contributed by atoms with Crippen molar-refractivity contribution in [2.24, 2.45) is 5.92 Å². The van der Waals surface area contributed by atoms with Gasteiger partial charge in [0.15, 0.2) is 10.8 Å². The molecule has 1 saturated heterocycles. The van der Waals surface area contributed by atoms with Crippen LogP contribution in [0.4, 0.5) is 15.8 Å². The monoisotopic (exact) mass is 481 g/mol. The normalized spacial score (nSPS) is 23.3. The molecule has 0 aromatic heterocycles. The molecule has 1 fully saturated rings. The molecule has 0 aliphatic carbocycles. The van der Waals surface area contributed by atoms with Gasteiger partial charge in [0.2, 0.25) is 5.91 Å². The first-order valence-electron chi connectivity index (χ1n) is 10.5. The molecule has 168 valence electrons. The third-order valence-electron chi connectivity index (χ3n) is 6.13. The second-order valence-electron chi connectivity index (χ2n) is 8.41. The molecule has 2 aliphatic heterocycles. The Kier molecular flexibility index (Phi) is 5.26. The third kappa shape index (κ3) is 3.71. The van der Waals surface area contributed by atoms with Gasteiger partial charge in [-0.2, -0.15) is 0 Å². The van der Waals surface area contributed by atoms with Gasteiger partial charge in [-0.05, 0) is 80.7 Å². The fourth-order valence-corrected chi connectivity index (χ4v) is 5.18. The number of halogens is 2. The number of amides is 1. The number of aryl methyl sites for hydroxylation is 1. The molecule has 2 aliphatic rings. The fourth-order valence-electron chi connectivity index (χ4n) is 4.64. The van der Waals surface area contributed by atoms with Gasteiger partial charge in [0.1, 0.15) is 17.5 Å². The molecule has 0 spiro atoms. The van der Waals surface area contributed by atoms with Crippen LogP contribution in [0.5, 0.6) is 5.75 Å². The van der Waals surface area contributed by atoms with E-state index in [-0.39, 0.29) is 11.7 Å². The van der Waals surface area contributed by atoms with Gasteiger partial charge in [0.05, 0.1) is 6.04 Å². The lowest BCUT2D eigenvalue weighted by Crippen LogP contribution is -2.72. The zero-order chi connectivity index (χ0) is 23.3. The fraction of sp³-hybridized carbons (Fsp3) is 0.200. The minimum atomic E-state index is -1.16. The number of fused-ring (bicyclic) bond motifs is 4. The molecule has 2 N–H and O–H groups in total. The SMILES string of the molecule is Cc1ccc2c(c1)[C@H]1NC(=S)N(c3ccc(F)cc3)[C@](C)(O2)[C@H]1C(=O)Nc1ccc(Cl)cc1. The summed E-state index contributed by atoms with van der Waals surface area (Å²) in [4.78, 5) is 15.5. The number of anilines is 2. The van der Waals surface area contributed by atoms with E-state index in [1.165, 1.54) is 12.1 Å². The molecule has 2 bridgehead atoms. The lowest BCUT2D eigenvalue weighted by molar-refractivity contribution is -0.130. The molecule has 5 rings (SSSR count). The summed E-state index contributed by atoms with van der Waals surface area (Å²) in [5.41, 5.74) is 1.99. The van der Waals surface area contributed by atoms with E-state index in [9.17, 15) is 9.18 Å². The molecule has 1 amide bonds. The zero-order valence-corrected chi connectivity index (χ0v) is 19.5. The first-order valence-corrected chi connectivity index (χ1v) is 11.3. The number of nitrogens with zero attached hydrogens (tertiary/aromatic N) is 1. The maximum atomic E-state index is 13.7. The molecule has 3 aromatic rings.